The molecule has 0 rings (SSSR count). The lowest BCUT2D eigenvalue weighted by atomic mass is 10.0. The molecule has 0 spiro atoms. The van der Waals surface area contributed by atoms with Gasteiger partial charge in [0.1, 0.15) is 13.2 Å². The van der Waals surface area contributed by atoms with Gasteiger partial charge in [0.25, 0.3) is 0 Å². The van der Waals surface area contributed by atoms with E-state index in [1.54, 1.807) is 0 Å². The summed E-state index contributed by atoms with van der Waals surface area (Å²) in [6.45, 7) is 6.48. The molecule has 0 aliphatic carbocycles. The number of ether oxygens (including phenoxy) is 3. The third-order valence-electron chi connectivity index (χ3n) is 11.9. The Labute approximate surface area is 408 Å². The quantitative estimate of drug-likeness (QED) is 0.0262. The highest BCUT2D eigenvalue weighted by molar-refractivity contribution is 5.71. The van der Waals surface area contributed by atoms with Gasteiger partial charge >= 0.3 is 17.9 Å². The van der Waals surface area contributed by atoms with Crippen molar-refractivity contribution in [1.82, 2.24) is 0 Å². The number of allylic oxidation sites excluding steroid dienone is 12. The molecule has 66 heavy (non-hydrogen) atoms. The van der Waals surface area contributed by atoms with Gasteiger partial charge in [0.15, 0.2) is 6.10 Å². The Morgan fingerprint density at radius 3 is 0.985 bits per heavy atom. The smallest absolute Gasteiger partial charge is 0.306 e. The van der Waals surface area contributed by atoms with Crippen molar-refractivity contribution in [2.24, 2.45) is 0 Å². The van der Waals surface area contributed by atoms with Gasteiger partial charge in [0, 0.05) is 19.3 Å². The van der Waals surface area contributed by atoms with Crippen molar-refractivity contribution in [2.75, 3.05) is 13.2 Å². The molecule has 0 N–H and O–H groups in total. The lowest BCUT2D eigenvalue weighted by molar-refractivity contribution is -0.167. The maximum Gasteiger partial charge on any atom is 0.306 e. The minimum atomic E-state index is -0.781. The summed E-state index contributed by atoms with van der Waals surface area (Å²) in [5, 5.41) is 0. The molecule has 0 bridgehead atoms. The summed E-state index contributed by atoms with van der Waals surface area (Å²) in [6, 6.07) is 0. The summed E-state index contributed by atoms with van der Waals surface area (Å²) in [5.41, 5.74) is 0. The van der Waals surface area contributed by atoms with Crippen LogP contribution >= 0.6 is 0 Å². The number of rotatable bonds is 50. The van der Waals surface area contributed by atoms with Crippen molar-refractivity contribution >= 4 is 17.9 Å². The Morgan fingerprint density at radius 1 is 0.318 bits per heavy atom. The monoisotopic (exact) mass is 921 g/mol. The first-order valence-corrected chi connectivity index (χ1v) is 27.9. The Balaban J connectivity index is 4.32. The SMILES string of the molecule is CC/C=C\C/C=C\C/C=C\C/C=C\C/C=C\CCCCCCCCCC(=O)OCC(COC(=O)CCCCCCC/C=C\CCCC)OC(=O)CCCCCCCCCCCCCCCC. The van der Waals surface area contributed by atoms with Crippen LogP contribution in [0.4, 0.5) is 0 Å². The van der Waals surface area contributed by atoms with Gasteiger partial charge < -0.3 is 14.2 Å². The molecular weight excluding hydrogens is 817 g/mol. The van der Waals surface area contributed by atoms with Crippen molar-refractivity contribution in [2.45, 2.75) is 277 Å². The van der Waals surface area contributed by atoms with Gasteiger partial charge in [0.05, 0.1) is 0 Å². The summed E-state index contributed by atoms with van der Waals surface area (Å²) >= 11 is 0. The highest BCUT2D eigenvalue weighted by Crippen LogP contribution is 2.15. The lowest BCUT2D eigenvalue weighted by Gasteiger charge is -2.18. The Hall–Kier alpha value is -3.15. The van der Waals surface area contributed by atoms with Gasteiger partial charge in [-0.15, -0.1) is 0 Å². The van der Waals surface area contributed by atoms with E-state index < -0.39 is 6.10 Å². The van der Waals surface area contributed by atoms with Gasteiger partial charge in [0.2, 0.25) is 0 Å². The summed E-state index contributed by atoms with van der Waals surface area (Å²) in [6.07, 6.45) is 68.9. The van der Waals surface area contributed by atoms with Crippen molar-refractivity contribution in [3.8, 4) is 0 Å². The topological polar surface area (TPSA) is 78.9 Å². The third kappa shape index (κ3) is 51.8. The van der Waals surface area contributed by atoms with Gasteiger partial charge in [-0.2, -0.15) is 0 Å². The van der Waals surface area contributed by atoms with Gasteiger partial charge in [-0.05, 0) is 83.5 Å². The number of carbonyl (C=O) groups excluding carboxylic acids is 3. The molecule has 0 amide bonds. The van der Waals surface area contributed by atoms with Crippen LogP contribution in [0.3, 0.4) is 0 Å². The number of carbonyl (C=O) groups is 3. The standard InChI is InChI=1S/C60H104O6/c1-4-7-10-13-16-19-22-24-26-27-28-29-30-31-32-33-34-36-38-41-44-47-50-53-59(62)65-56-57(55-64-58(61)52-49-46-43-40-37-21-18-15-12-9-6-3)66-60(63)54-51-48-45-42-39-35-25-23-20-17-14-11-8-5-2/h7,10,15-16,18-19,24,26,28-29,31-32,57H,4-6,8-9,11-14,17,20-23,25,27,30,33-56H2,1-3H3/b10-7-,18-15-,19-16-,26-24-,29-28-,32-31-. The molecule has 0 heterocycles. The molecule has 6 nitrogen and oxygen atoms in total. The van der Waals surface area contributed by atoms with E-state index in [0.717, 1.165) is 103 Å². The van der Waals surface area contributed by atoms with Crippen molar-refractivity contribution in [3.63, 3.8) is 0 Å². The molecule has 0 aromatic carbocycles. The second-order valence-electron chi connectivity index (χ2n) is 18.5. The summed E-state index contributed by atoms with van der Waals surface area (Å²) in [5.74, 6) is -0.894. The maximum atomic E-state index is 12.8. The number of esters is 3. The fourth-order valence-electron chi connectivity index (χ4n) is 7.74. The van der Waals surface area contributed by atoms with Crippen LogP contribution in [0.25, 0.3) is 0 Å². The van der Waals surface area contributed by atoms with Gasteiger partial charge in [-0.1, -0.05) is 241 Å². The molecule has 0 aliphatic rings. The fourth-order valence-corrected chi connectivity index (χ4v) is 7.74. The zero-order chi connectivity index (χ0) is 47.9. The molecule has 380 valence electrons. The molecule has 0 fully saturated rings. The van der Waals surface area contributed by atoms with E-state index in [9.17, 15) is 14.4 Å². The molecular formula is C60H104O6. The van der Waals surface area contributed by atoms with E-state index in [0.29, 0.717) is 19.3 Å². The minimum Gasteiger partial charge on any atom is -0.462 e. The second-order valence-corrected chi connectivity index (χ2v) is 18.5. The summed E-state index contributed by atoms with van der Waals surface area (Å²) < 4.78 is 16.8. The zero-order valence-corrected chi connectivity index (χ0v) is 43.4. The fraction of sp³-hybridized carbons (Fsp3) is 0.750. The average molecular weight is 921 g/mol. The number of hydrogen-bond acceptors (Lipinski definition) is 6. The molecule has 0 aromatic heterocycles. The van der Waals surface area contributed by atoms with E-state index in [1.165, 1.54) is 128 Å². The minimum absolute atomic E-state index is 0.0813. The lowest BCUT2D eigenvalue weighted by Crippen LogP contribution is -2.30. The van der Waals surface area contributed by atoms with E-state index in [-0.39, 0.29) is 31.1 Å². The molecule has 1 atom stereocenters. The van der Waals surface area contributed by atoms with E-state index in [2.05, 4.69) is 93.7 Å². The largest absolute Gasteiger partial charge is 0.462 e. The Bertz CT molecular complexity index is 1240. The molecule has 0 saturated heterocycles. The molecule has 0 aliphatic heterocycles. The molecule has 6 heteroatoms. The van der Waals surface area contributed by atoms with Gasteiger partial charge in [-0.25, -0.2) is 0 Å². The van der Waals surface area contributed by atoms with Crippen LogP contribution in [0.1, 0.15) is 271 Å². The van der Waals surface area contributed by atoms with Crippen molar-refractivity contribution in [1.29, 1.82) is 0 Å². The number of hydrogen-bond donors (Lipinski definition) is 0. The Kier molecular flexibility index (Phi) is 51.9. The predicted molar refractivity (Wildman–Crippen MR) is 284 cm³/mol. The Morgan fingerprint density at radius 2 is 0.606 bits per heavy atom. The molecule has 1 unspecified atom stereocenters. The normalized spacial score (nSPS) is 12.6. The van der Waals surface area contributed by atoms with Crippen LogP contribution in [0.2, 0.25) is 0 Å². The van der Waals surface area contributed by atoms with Crippen molar-refractivity contribution < 1.29 is 28.6 Å². The predicted octanol–water partition coefficient (Wildman–Crippen LogP) is 18.6. The average Bonchev–Trinajstić information content (AvgIpc) is 3.31. The molecule has 0 radical (unpaired) electrons. The van der Waals surface area contributed by atoms with E-state index >= 15 is 0 Å². The van der Waals surface area contributed by atoms with Gasteiger partial charge in [-0.3, -0.25) is 14.4 Å². The first kappa shape index (κ1) is 62.8. The summed E-state index contributed by atoms with van der Waals surface area (Å²) in [4.78, 5) is 38.0. The molecule has 0 saturated carbocycles. The summed E-state index contributed by atoms with van der Waals surface area (Å²) in [7, 11) is 0. The van der Waals surface area contributed by atoms with Crippen LogP contribution in [0, 0.1) is 0 Å². The highest BCUT2D eigenvalue weighted by Gasteiger charge is 2.19. The van der Waals surface area contributed by atoms with Crippen molar-refractivity contribution in [3.05, 3.63) is 72.9 Å². The van der Waals surface area contributed by atoms with E-state index in [1.807, 2.05) is 0 Å². The number of unbranched alkanes of at least 4 members (excludes halogenated alkanes) is 27. The maximum absolute atomic E-state index is 12.8. The van der Waals surface area contributed by atoms with E-state index in [4.69, 9.17) is 14.2 Å². The first-order chi connectivity index (χ1) is 32.5. The van der Waals surface area contributed by atoms with Crippen LogP contribution < -0.4 is 0 Å². The van der Waals surface area contributed by atoms with Crippen LogP contribution in [-0.2, 0) is 28.6 Å². The first-order valence-electron chi connectivity index (χ1n) is 27.9. The van der Waals surface area contributed by atoms with Crippen LogP contribution in [-0.4, -0.2) is 37.2 Å². The zero-order valence-electron chi connectivity index (χ0n) is 43.4. The second kappa shape index (κ2) is 54.5. The highest BCUT2D eigenvalue weighted by atomic mass is 16.6. The van der Waals surface area contributed by atoms with Crippen LogP contribution in [0.15, 0.2) is 72.9 Å². The third-order valence-corrected chi connectivity index (χ3v) is 11.9. The molecule has 0 aromatic rings. The van der Waals surface area contributed by atoms with Crippen LogP contribution in [0.5, 0.6) is 0 Å².